The Hall–Kier alpha value is -2.15. The third-order valence-corrected chi connectivity index (χ3v) is 5.15. The van der Waals surface area contributed by atoms with E-state index in [-0.39, 0.29) is 18.7 Å². The van der Waals surface area contributed by atoms with Crippen molar-refractivity contribution < 1.29 is 24.2 Å². The lowest BCUT2D eigenvalue weighted by Crippen LogP contribution is -2.41. The largest absolute Gasteiger partial charge is 0.480 e. The molecular formula is C23H38N2O5. The number of hydrogen-bond donors (Lipinski definition) is 3. The molecule has 7 heteroatoms. The molecule has 1 fully saturated rings. The number of epoxide rings is 1. The van der Waals surface area contributed by atoms with E-state index in [0.717, 1.165) is 57.8 Å². The Morgan fingerprint density at radius 3 is 2.37 bits per heavy atom. The number of nitrogens with two attached hydrogens (primary N) is 1. The third-order valence-electron chi connectivity index (χ3n) is 5.15. The summed E-state index contributed by atoms with van der Waals surface area (Å²) in [4.78, 5) is 33.7. The highest BCUT2D eigenvalue weighted by Crippen LogP contribution is 2.28. The fraction of sp³-hybridized carbons (Fsp3) is 0.696. The highest BCUT2D eigenvalue weighted by molar-refractivity contribution is 5.84. The van der Waals surface area contributed by atoms with Gasteiger partial charge < -0.3 is 20.9 Å². The second-order valence-corrected chi connectivity index (χ2v) is 7.81. The molecule has 1 rings (SSSR count). The molecule has 7 nitrogen and oxygen atoms in total. The van der Waals surface area contributed by atoms with Gasteiger partial charge in [-0.1, -0.05) is 50.5 Å². The van der Waals surface area contributed by atoms with Crippen molar-refractivity contribution in [1.29, 1.82) is 0 Å². The first-order valence-corrected chi connectivity index (χ1v) is 11.2. The zero-order chi connectivity index (χ0) is 22.2. The average Bonchev–Trinajstić information content (AvgIpc) is 3.46. The van der Waals surface area contributed by atoms with E-state index in [1.54, 1.807) is 0 Å². The number of allylic oxidation sites excluding steroid dienone is 3. The molecule has 2 amide bonds. The van der Waals surface area contributed by atoms with Crippen LogP contribution in [0.3, 0.4) is 0 Å². The van der Waals surface area contributed by atoms with E-state index < -0.39 is 17.9 Å². The molecule has 0 spiro atoms. The maximum absolute atomic E-state index is 11.8. The summed E-state index contributed by atoms with van der Waals surface area (Å²) in [7, 11) is 0. The molecular weight excluding hydrogens is 384 g/mol. The Morgan fingerprint density at radius 2 is 1.70 bits per heavy atom. The van der Waals surface area contributed by atoms with E-state index in [9.17, 15) is 14.4 Å². The van der Waals surface area contributed by atoms with Crippen LogP contribution in [-0.4, -0.2) is 41.1 Å². The van der Waals surface area contributed by atoms with E-state index in [1.807, 2.05) is 0 Å². The van der Waals surface area contributed by atoms with Crippen molar-refractivity contribution in [1.82, 2.24) is 5.32 Å². The molecule has 1 aliphatic rings. The third kappa shape index (κ3) is 13.1. The van der Waals surface area contributed by atoms with Crippen molar-refractivity contribution in [3.05, 3.63) is 24.3 Å². The zero-order valence-corrected chi connectivity index (χ0v) is 18.2. The Labute approximate surface area is 180 Å². The van der Waals surface area contributed by atoms with Crippen molar-refractivity contribution in [2.75, 3.05) is 0 Å². The van der Waals surface area contributed by atoms with Gasteiger partial charge in [0.15, 0.2) is 0 Å². The maximum Gasteiger partial charge on any atom is 0.326 e. The molecule has 3 atom stereocenters. The first-order chi connectivity index (χ1) is 14.4. The molecule has 0 bridgehead atoms. The number of carbonyl (C=O) groups excluding carboxylic acids is 2. The molecule has 1 saturated heterocycles. The van der Waals surface area contributed by atoms with E-state index in [2.05, 4.69) is 36.5 Å². The van der Waals surface area contributed by atoms with Gasteiger partial charge in [0.1, 0.15) is 6.04 Å². The Kier molecular flexibility index (Phi) is 13.5. The molecule has 1 heterocycles. The number of primary amides is 1. The summed E-state index contributed by atoms with van der Waals surface area (Å²) >= 11 is 0. The van der Waals surface area contributed by atoms with Crippen LogP contribution in [0.4, 0.5) is 0 Å². The number of amides is 2. The minimum Gasteiger partial charge on any atom is -0.480 e. The lowest BCUT2D eigenvalue weighted by molar-refractivity contribution is -0.142. The van der Waals surface area contributed by atoms with Crippen LogP contribution < -0.4 is 11.1 Å². The molecule has 0 aromatic heterocycles. The van der Waals surface area contributed by atoms with Crippen molar-refractivity contribution in [2.45, 2.75) is 102 Å². The number of unbranched alkanes of at least 4 members (excludes halogenated alkanes) is 5. The monoisotopic (exact) mass is 422 g/mol. The molecule has 1 aliphatic heterocycles. The van der Waals surface area contributed by atoms with E-state index >= 15 is 0 Å². The predicted molar refractivity (Wildman–Crippen MR) is 117 cm³/mol. The van der Waals surface area contributed by atoms with E-state index in [4.69, 9.17) is 15.6 Å². The number of carboxylic acids is 1. The number of rotatable bonds is 18. The van der Waals surface area contributed by atoms with Crippen LogP contribution in [0, 0.1) is 0 Å². The summed E-state index contributed by atoms with van der Waals surface area (Å²) in [6.45, 7) is 2.15. The van der Waals surface area contributed by atoms with Gasteiger partial charge in [0.25, 0.3) is 0 Å². The van der Waals surface area contributed by atoms with Crippen LogP contribution in [-0.2, 0) is 19.1 Å². The average molecular weight is 423 g/mol. The highest BCUT2D eigenvalue weighted by Gasteiger charge is 2.35. The minimum absolute atomic E-state index is 0.0218. The SMILES string of the molecule is CCC1OC1C/C=C\C/C=C\CCCCCCCC(=O)N[C@@H](CCC(N)=O)C(=O)O. The van der Waals surface area contributed by atoms with Crippen LogP contribution >= 0.6 is 0 Å². The Balaban J connectivity index is 1.94. The fourth-order valence-corrected chi connectivity index (χ4v) is 3.25. The van der Waals surface area contributed by atoms with Crippen molar-refractivity contribution in [3.63, 3.8) is 0 Å². The number of aliphatic carboxylic acids is 1. The molecule has 0 aromatic carbocycles. The second-order valence-electron chi connectivity index (χ2n) is 7.81. The topological polar surface area (TPSA) is 122 Å². The van der Waals surface area contributed by atoms with Crippen molar-refractivity contribution in [2.24, 2.45) is 5.73 Å². The van der Waals surface area contributed by atoms with Crippen LogP contribution in [0.2, 0.25) is 0 Å². The lowest BCUT2D eigenvalue weighted by atomic mass is 10.1. The molecule has 170 valence electrons. The standard InChI is InChI=1S/C23H38N2O5/c1-2-19-20(30-19)14-12-10-8-6-4-3-5-7-9-11-13-15-22(27)25-18(23(28)29)16-17-21(24)26/h4,6,10,12,18-20H,2-3,5,7-9,11,13-17H2,1H3,(H2,24,26)(H,25,27)(H,28,29)/b6-4-,12-10-/t18-,19?,20?/m0/s1. The van der Waals surface area contributed by atoms with Gasteiger partial charge in [0.05, 0.1) is 12.2 Å². The molecule has 4 N–H and O–H groups in total. The number of carboxylic acid groups (broad SMARTS) is 1. The Bertz CT molecular complexity index is 588. The van der Waals surface area contributed by atoms with E-state index in [0.29, 0.717) is 18.6 Å². The maximum atomic E-state index is 11.8. The summed E-state index contributed by atoms with van der Waals surface area (Å²) in [6.07, 6.45) is 19.2. The summed E-state index contributed by atoms with van der Waals surface area (Å²) in [6, 6.07) is -1.05. The van der Waals surface area contributed by atoms with Gasteiger partial charge in [-0.3, -0.25) is 9.59 Å². The van der Waals surface area contributed by atoms with Gasteiger partial charge in [-0.15, -0.1) is 0 Å². The van der Waals surface area contributed by atoms with E-state index in [1.165, 1.54) is 0 Å². The normalized spacial score (nSPS) is 19.2. The van der Waals surface area contributed by atoms with Crippen LogP contribution in [0.5, 0.6) is 0 Å². The number of hydrogen-bond acceptors (Lipinski definition) is 4. The summed E-state index contributed by atoms with van der Waals surface area (Å²) in [5.74, 6) is -2.01. The smallest absolute Gasteiger partial charge is 0.326 e. The summed E-state index contributed by atoms with van der Waals surface area (Å²) < 4.78 is 5.49. The molecule has 0 aliphatic carbocycles. The minimum atomic E-state index is -1.14. The number of carbonyl (C=O) groups is 3. The summed E-state index contributed by atoms with van der Waals surface area (Å²) in [5.41, 5.74) is 5.02. The van der Waals surface area contributed by atoms with Gasteiger partial charge >= 0.3 is 5.97 Å². The lowest BCUT2D eigenvalue weighted by Gasteiger charge is -2.13. The quantitative estimate of drug-likeness (QED) is 0.177. The van der Waals surface area contributed by atoms with Crippen molar-refractivity contribution >= 4 is 17.8 Å². The second kappa shape index (κ2) is 15.7. The Morgan fingerprint density at radius 1 is 1.00 bits per heavy atom. The zero-order valence-electron chi connectivity index (χ0n) is 18.2. The first-order valence-electron chi connectivity index (χ1n) is 11.2. The van der Waals surface area contributed by atoms with Crippen molar-refractivity contribution in [3.8, 4) is 0 Å². The molecule has 0 aromatic rings. The van der Waals surface area contributed by atoms with Crippen LogP contribution in [0.25, 0.3) is 0 Å². The summed E-state index contributed by atoms with van der Waals surface area (Å²) in [5, 5.41) is 11.5. The molecule has 0 saturated carbocycles. The number of ether oxygens (including phenoxy) is 1. The van der Waals surface area contributed by atoms with Gasteiger partial charge in [-0.25, -0.2) is 4.79 Å². The predicted octanol–water partition coefficient (Wildman–Crippen LogP) is 3.62. The number of nitrogens with one attached hydrogen (secondary N) is 1. The molecule has 0 radical (unpaired) electrons. The first kappa shape index (κ1) is 25.9. The van der Waals surface area contributed by atoms with Crippen LogP contribution in [0.1, 0.15) is 84.0 Å². The van der Waals surface area contributed by atoms with Gasteiger partial charge in [-0.05, 0) is 44.9 Å². The van der Waals surface area contributed by atoms with Gasteiger partial charge in [-0.2, -0.15) is 0 Å². The highest BCUT2D eigenvalue weighted by atomic mass is 16.6. The molecule has 2 unspecified atom stereocenters. The van der Waals surface area contributed by atoms with Gasteiger partial charge in [0.2, 0.25) is 11.8 Å². The molecule has 30 heavy (non-hydrogen) atoms. The fourth-order valence-electron chi connectivity index (χ4n) is 3.25. The van der Waals surface area contributed by atoms with Gasteiger partial charge in [0, 0.05) is 12.8 Å². The van der Waals surface area contributed by atoms with Crippen LogP contribution in [0.15, 0.2) is 24.3 Å².